The van der Waals surface area contributed by atoms with Crippen LogP contribution in [0.3, 0.4) is 0 Å². The molecule has 0 unspecified atom stereocenters. The van der Waals surface area contributed by atoms with Crippen molar-refractivity contribution in [2.24, 2.45) is 0 Å². The van der Waals surface area contributed by atoms with Gasteiger partial charge in [-0.05, 0) is 0 Å². The van der Waals surface area contributed by atoms with E-state index in [9.17, 15) is 0 Å². The Morgan fingerprint density at radius 2 is 1.29 bits per heavy atom. The van der Waals surface area contributed by atoms with Gasteiger partial charge in [0.05, 0.1) is 0 Å². The van der Waals surface area contributed by atoms with Gasteiger partial charge >= 0.3 is 127 Å². The monoisotopic (exact) mass is 344 g/mol. The molecule has 0 amide bonds. The predicted molar refractivity (Wildman–Crippen MR) is 80.5 cm³/mol. The molecule has 0 saturated heterocycles. The fourth-order valence-corrected chi connectivity index (χ4v) is 4.56. The van der Waals surface area contributed by atoms with Crippen molar-refractivity contribution >= 4 is 35.2 Å². The van der Waals surface area contributed by atoms with Gasteiger partial charge in [-0.3, -0.25) is 0 Å². The molecule has 7 heteroatoms. The van der Waals surface area contributed by atoms with Crippen LogP contribution in [0.5, 0.6) is 0 Å². The van der Waals surface area contributed by atoms with Crippen molar-refractivity contribution in [3.8, 4) is 0 Å². The van der Waals surface area contributed by atoms with Gasteiger partial charge in [-0.1, -0.05) is 0 Å². The summed E-state index contributed by atoms with van der Waals surface area (Å²) in [5.74, 6) is 1.95. The van der Waals surface area contributed by atoms with Crippen molar-refractivity contribution in [1.82, 2.24) is 28.7 Å². The van der Waals surface area contributed by atoms with E-state index in [2.05, 4.69) is 28.7 Å². The number of hydrogen-bond donors (Lipinski definition) is 0. The van der Waals surface area contributed by atoms with Crippen LogP contribution in [0, 0.1) is 13.8 Å². The molecule has 0 aliphatic heterocycles. The van der Waals surface area contributed by atoms with Crippen molar-refractivity contribution in [3.05, 3.63) is 48.8 Å². The second kappa shape index (κ2) is 4.65. The number of nitrogens with zero attached hydrogens (tertiary/aromatic N) is 6. The quantitative estimate of drug-likeness (QED) is 0.483. The van der Waals surface area contributed by atoms with Crippen LogP contribution in [-0.4, -0.2) is 43.7 Å². The molecule has 0 aliphatic rings. The van der Waals surface area contributed by atoms with Gasteiger partial charge < -0.3 is 0 Å². The van der Waals surface area contributed by atoms with Crippen molar-refractivity contribution in [2.45, 2.75) is 13.8 Å². The molecule has 4 aromatic rings. The van der Waals surface area contributed by atoms with E-state index in [1.807, 2.05) is 38.6 Å². The Bertz CT molecular complexity index is 877. The van der Waals surface area contributed by atoms with Gasteiger partial charge in [-0.25, -0.2) is 0 Å². The minimum absolute atomic E-state index is 0.0189. The van der Waals surface area contributed by atoms with Crippen LogP contribution in [0.1, 0.15) is 11.6 Å². The first-order chi connectivity index (χ1) is 10.2. The maximum absolute atomic E-state index is 4.68. The van der Waals surface area contributed by atoms with E-state index in [1.54, 1.807) is 12.4 Å². The van der Waals surface area contributed by atoms with Gasteiger partial charge in [0.2, 0.25) is 0 Å². The minimum atomic E-state index is 0.0189. The van der Waals surface area contributed by atoms with Crippen LogP contribution < -0.4 is 9.18 Å². The zero-order chi connectivity index (χ0) is 14.4. The third kappa shape index (κ3) is 1.93. The Kier molecular flexibility index (Phi) is 2.77. The van der Waals surface area contributed by atoms with Crippen LogP contribution >= 0.6 is 0 Å². The van der Waals surface area contributed by atoms with Crippen molar-refractivity contribution in [3.63, 3.8) is 0 Å². The second-order valence-electron chi connectivity index (χ2n) is 4.69. The molecule has 0 aliphatic carbocycles. The summed E-state index contributed by atoms with van der Waals surface area (Å²) >= 11 is 0.0189. The SMILES string of the molecule is Cc1nc([Se]c2nc(C)n3ccncc23)c2cnccn12. The molecule has 4 heterocycles. The van der Waals surface area contributed by atoms with Gasteiger partial charge in [0.15, 0.2) is 0 Å². The van der Waals surface area contributed by atoms with E-state index < -0.39 is 0 Å². The summed E-state index contributed by atoms with van der Waals surface area (Å²) in [6.07, 6.45) is 11.2. The molecule has 0 saturated carbocycles. The first-order valence-corrected chi connectivity index (χ1v) is 8.20. The van der Waals surface area contributed by atoms with Gasteiger partial charge in [-0.15, -0.1) is 0 Å². The molecular formula is C14H12N6Se. The average Bonchev–Trinajstić information content (AvgIpc) is 3.00. The summed E-state index contributed by atoms with van der Waals surface area (Å²) in [4.78, 5) is 17.8. The van der Waals surface area contributed by atoms with Crippen LogP contribution in [0.4, 0.5) is 0 Å². The third-order valence-corrected chi connectivity index (χ3v) is 5.44. The molecule has 104 valence electrons. The van der Waals surface area contributed by atoms with Gasteiger partial charge in [-0.2, -0.15) is 0 Å². The molecule has 21 heavy (non-hydrogen) atoms. The van der Waals surface area contributed by atoms with Gasteiger partial charge in [0, 0.05) is 0 Å². The first kappa shape index (κ1) is 12.5. The number of rotatable bonds is 2. The zero-order valence-corrected chi connectivity index (χ0v) is 13.3. The Hall–Kier alpha value is -2.24. The molecular weight excluding hydrogens is 331 g/mol. The molecule has 0 fully saturated rings. The van der Waals surface area contributed by atoms with E-state index in [0.29, 0.717) is 0 Å². The van der Waals surface area contributed by atoms with Crippen LogP contribution in [0.25, 0.3) is 11.0 Å². The molecule has 0 N–H and O–H groups in total. The molecule has 4 aromatic heterocycles. The number of aromatic nitrogens is 6. The predicted octanol–water partition coefficient (Wildman–Crippen LogP) is 0.0438. The Labute approximate surface area is 127 Å². The van der Waals surface area contributed by atoms with Gasteiger partial charge in [0.25, 0.3) is 0 Å². The van der Waals surface area contributed by atoms with Crippen LogP contribution in [0.2, 0.25) is 0 Å². The fraction of sp³-hybridized carbons (Fsp3) is 0.143. The van der Waals surface area contributed by atoms with E-state index in [1.165, 1.54) is 0 Å². The number of aryl methyl sites for hydroxylation is 2. The molecule has 4 rings (SSSR count). The fourth-order valence-electron chi connectivity index (χ4n) is 2.36. The Balaban J connectivity index is 1.87. The summed E-state index contributed by atoms with van der Waals surface area (Å²) in [6, 6.07) is 0. The summed E-state index contributed by atoms with van der Waals surface area (Å²) < 4.78 is 6.23. The number of fused-ring (bicyclic) bond motifs is 2. The third-order valence-electron chi connectivity index (χ3n) is 3.37. The number of hydrogen-bond acceptors (Lipinski definition) is 4. The Morgan fingerprint density at radius 3 is 1.76 bits per heavy atom. The van der Waals surface area contributed by atoms with Crippen LogP contribution in [-0.2, 0) is 0 Å². The first-order valence-electron chi connectivity index (χ1n) is 6.49. The molecule has 6 nitrogen and oxygen atoms in total. The van der Waals surface area contributed by atoms with E-state index >= 15 is 0 Å². The van der Waals surface area contributed by atoms with E-state index in [4.69, 9.17) is 0 Å². The van der Waals surface area contributed by atoms with Crippen molar-refractivity contribution in [1.29, 1.82) is 0 Å². The van der Waals surface area contributed by atoms with E-state index in [0.717, 1.165) is 31.9 Å². The summed E-state index contributed by atoms with van der Waals surface area (Å²) in [7, 11) is 0. The summed E-state index contributed by atoms with van der Waals surface area (Å²) in [5, 5.41) is 0. The molecule has 0 spiro atoms. The van der Waals surface area contributed by atoms with E-state index in [-0.39, 0.29) is 15.0 Å². The van der Waals surface area contributed by atoms with Crippen molar-refractivity contribution in [2.75, 3.05) is 0 Å². The standard InChI is InChI=1S/C14H12N6Se/c1-9-17-13(11-7-15-3-5-19(9)11)21-14-12-8-16-4-6-20(12)10(2)18-14/h3-8H,1-2H3. The van der Waals surface area contributed by atoms with Crippen molar-refractivity contribution < 1.29 is 0 Å². The average molecular weight is 343 g/mol. The second-order valence-corrected chi connectivity index (χ2v) is 6.74. The molecule has 0 atom stereocenters. The maximum atomic E-state index is 4.68. The Morgan fingerprint density at radius 1 is 0.810 bits per heavy atom. The zero-order valence-electron chi connectivity index (χ0n) is 11.6. The molecule has 0 radical (unpaired) electrons. The summed E-state index contributed by atoms with van der Waals surface area (Å²) in [6.45, 7) is 4.01. The van der Waals surface area contributed by atoms with Crippen LogP contribution in [0.15, 0.2) is 37.2 Å². The number of imidazole rings is 2. The van der Waals surface area contributed by atoms with Gasteiger partial charge in [0.1, 0.15) is 0 Å². The summed E-state index contributed by atoms with van der Waals surface area (Å²) in [5.41, 5.74) is 2.11. The topological polar surface area (TPSA) is 60.4 Å². The molecule has 0 aromatic carbocycles. The normalized spacial score (nSPS) is 11.5. The molecule has 0 bridgehead atoms.